The molecule has 0 heterocycles. The van der Waals surface area contributed by atoms with E-state index in [0.717, 1.165) is 44.9 Å². The van der Waals surface area contributed by atoms with Crippen LogP contribution in [0.3, 0.4) is 0 Å². The Balaban J connectivity index is 3.58. The molecule has 206 valence electrons. The molecule has 0 saturated carbocycles. The number of carbonyl (C=O) groups is 2. The maximum atomic E-state index is 12.1. The maximum absolute atomic E-state index is 12.1. The van der Waals surface area contributed by atoms with E-state index >= 15 is 0 Å². The Morgan fingerprint density at radius 2 is 1.43 bits per heavy atom. The van der Waals surface area contributed by atoms with E-state index in [0.29, 0.717) is 17.4 Å². The number of unbranched alkanes of at least 4 members (excludes halogenated alkanes) is 12. The molecule has 6 nitrogen and oxygen atoms in total. The first-order valence-corrected chi connectivity index (χ1v) is 14.2. The topological polar surface area (TPSA) is 86.7 Å². The zero-order valence-corrected chi connectivity index (χ0v) is 23.3. The molecule has 35 heavy (non-hydrogen) atoms. The van der Waals surface area contributed by atoms with Gasteiger partial charge in [0, 0.05) is 18.8 Å². The summed E-state index contributed by atoms with van der Waals surface area (Å²) in [5, 5.41) is 21.0. The predicted molar refractivity (Wildman–Crippen MR) is 142 cm³/mol. The van der Waals surface area contributed by atoms with E-state index < -0.39 is 12.1 Å². The summed E-state index contributed by atoms with van der Waals surface area (Å²) in [6.45, 7) is 2.67. The normalized spacial score (nSPS) is 13.7. The third kappa shape index (κ3) is 25.5. The first-order chi connectivity index (χ1) is 16.6. The van der Waals surface area contributed by atoms with Crippen LogP contribution in [-0.4, -0.2) is 61.4 Å². The Labute approximate surface area is 215 Å². The molecule has 0 bridgehead atoms. The number of likely N-dealkylation sites (N-methyl/N-ethyl adjacent to an activating group) is 1. The van der Waals surface area contributed by atoms with Crippen LogP contribution in [0.15, 0.2) is 12.2 Å². The van der Waals surface area contributed by atoms with Crippen LogP contribution in [0.1, 0.15) is 122 Å². The highest BCUT2D eigenvalue weighted by Crippen LogP contribution is 2.14. The second kappa shape index (κ2) is 21.8. The van der Waals surface area contributed by atoms with Gasteiger partial charge in [-0.15, -0.1) is 0 Å². The van der Waals surface area contributed by atoms with E-state index in [2.05, 4.69) is 19.1 Å². The lowest BCUT2D eigenvalue weighted by atomic mass is 10.0. The second-order valence-electron chi connectivity index (χ2n) is 11.1. The quantitative estimate of drug-likeness (QED) is 0.0845. The zero-order chi connectivity index (χ0) is 26.4. The van der Waals surface area contributed by atoms with Crippen LogP contribution in [0, 0.1) is 0 Å². The van der Waals surface area contributed by atoms with Gasteiger partial charge in [0.2, 0.25) is 0 Å². The second-order valence-corrected chi connectivity index (χ2v) is 11.1. The fraction of sp³-hybridized carbons (Fsp3) is 0.862. The molecular formula is C29H55NO5. The van der Waals surface area contributed by atoms with Crippen molar-refractivity contribution in [3.05, 3.63) is 12.2 Å². The van der Waals surface area contributed by atoms with Gasteiger partial charge in [-0.2, -0.15) is 0 Å². The van der Waals surface area contributed by atoms with Crippen LogP contribution in [0.5, 0.6) is 0 Å². The Kier molecular flexibility index (Phi) is 21.0. The third-order valence-corrected chi connectivity index (χ3v) is 6.16. The maximum Gasteiger partial charge on any atom is 0.306 e. The molecule has 0 aromatic carbocycles. The summed E-state index contributed by atoms with van der Waals surface area (Å²) >= 11 is 0. The summed E-state index contributed by atoms with van der Waals surface area (Å²) in [5.74, 6) is -1.49. The highest BCUT2D eigenvalue weighted by molar-refractivity contribution is 5.70. The molecule has 0 aromatic heterocycles. The molecule has 1 N–H and O–H groups in total. The van der Waals surface area contributed by atoms with Crippen LogP contribution in [0.25, 0.3) is 0 Å². The zero-order valence-electron chi connectivity index (χ0n) is 23.3. The molecule has 0 amide bonds. The summed E-state index contributed by atoms with van der Waals surface area (Å²) < 4.78 is 5.92. The molecule has 0 aromatic rings. The minimum Gasteiger partial charge on any atom is -0.550 e. The molecule has 2 atom stereocenters. The van der Waals surface area contributed by atoms with Gasteiger partial charge >= 0.3 is 5.97 Å². The van der Waals surface area contributed by atoms with Crippen molar-refractivity contribution in [1.82, 2.24) is 0 Å². The largest absolute Gasteiger partial charge is 0.550 e. The fourth-order valence-corrected chi connectivity index (χ4v) is 4.25. The van der Waals surface area contributed by atoms with Crippen molar-refractivity contribution in [2.75, 3.05) is 27.7 Å². The lowest BCUT2D eigenvalue weighted by Gasteiger charge is -2.29. The van der Waals surface area contributed by atoms with Crippen LogP contribution < -0.4 is 5.11 Å². The number of carboxylic acids is 1. The Hall–Kier alpha value is -1.40. The van der Waals surface area contributed by atoms with Crippen molar-refractivity contribution in [1.29, 1.82) is 0 Å². The molecule has 6 heteroatoms. The summed E-state index contributed by atoms with van der Waals surface area (Å²) in [4.78, 5) is 23.0. The minimum absolute atomic E-state index is 0.188. The number of quaternary nitrogens is 1. The highest BCUT2D eigenvalue weighted by Gasteiger charge is 2.22. The summed E-state index contributed by atoms with van der Waals surface area (Å²) in [6.07, 6.45) is 21.7. The molecular weight excluding hydrogens is 442 g/mol. The number of carbonyl (C=O) groups excluding carboxylic acids is 2. The van der Waals surface area contributed by atoms with Crippen molar-refractivity contribution >= 4 is 11.9 Å². The van der Waals surface area contributed by atoms with Gasteiger partial charge in [-0.1, -0.05) is 89.7 Å². The summed E-state index contributed by atoms with van der Waals surface area (Å²) in [7, 11) is 5.82. The minimum atomic E-state index is -1.19. The van der Waals surface area contributed by atoms with Crippen LogP contribution in [0.4, 0.5) is 0 Å². The van der Waals surface area contributed by atoms with E-state index in [1.54, 1.807) is 0 Å². The number of carboxylic acid groups (broad SMARTS) is 1. The van der Waals surface area contributed by atoms with E-state index in [9.17, 15) is 19.8 Å². The summed E-state index contributed by atoms with van der Waals surface area (Å²) in [6, 6.07) is 0. The van der Waals surface area contributed by atoms with Gasteiger partial charge in [0.05, 0.1) is 27.2 Å². The summed E-state index contributed by atoms with van der Waals surface area (Å²) in [5.41, 5.74) is 0. The van der Waals surface area contributed by atoms with Crippen molar-refractivity contribution < 1.29 is 29.0 Å². The van der Waals surface area contributed by atoms with Gasteiger partial charge < -0.3 is 24.2 Å². The van der Waals surface area contributed by atoms with Crippen molar-refractivity contribution in [2.45, 2.75) is 135 Å². The van der Waals surface area contributed by atoms with Crippen molar-refractivity contribution in [3.63, 3.8) is 0 Å². The molecule has 0 spiro atoms. The standard InChI is InChI=1S/C29H55NO5/c1-5-6-7-8-15-18-21-26(31)22-19-16-13-11-9-10-12-14-17-20-23-29(34)35-27(24-28(32)33)25-30(2,3)4/h15,18,26-27,31H,5-14,16-17,19-25H2,1-4H3/b18-15+. The number of rotatable bonds is 24. The number of aliphatic carboxylic acids is 1. The Morgan fingerprint density at radius 1 is 0.857 bits per heavy atom. The van der Waals surface area contributed by atoms with Gasteiger partial charge in [0.15, 0.2) is 6.10 Å². The van der Waals surface area contributed by atoms with E-state index in [1.807, 2.05) is 21.1 Å². The number of aliphatic hydroxyl groups excluding tert-OH is 1. The Bertz CT molecular complexity index is 556. The van der Waals surface area contributed by atoms with Crippen molar-refractivity contribution in [3.8, 4) is 0 Å². The number of allylic oxidation sites excluding steroid dienone is 1. The predicted octanol–water partition coefficient (Wildman–Crippen LogP) is 5.31. The van der Waals surface area contributed by atoms with Gasteiger partial charge in [-0.05, 0) is 32.1 Å². The molecule has 0 saturated heterocycles. The number of hydrogen-bond donors (Lipinski definition) is 1. The number of nitrogens with zero attached hydrogens (tertiary/aromatic N) is 1. The number of ether oxygens (including phenoxy) is 1. The lowest BCUT2D eigenvalue weighted by molar-refractivity contribution is -0.873. The van der Waals surface area contributed by atoms with E-state index in [-0.39, 0.29) is 18.5 Å². The average molecular weight is 498 g/mol. The van der Waals surface area contributed by atoms with Crippen LogP contribution in [-0.2, 0) is 14.3 Å². The number of esters is 1. The smallest absolute Gasteiger partial charge is 0.306 e. The molecule has 0 aliphatic carbocycles. The number of hydrogen-bond acceptors (Lipinski definition) is 5. The molecule has 0 aliphatic rings. The SMILES string of the molecule is CCCCC/C=C/CC(O)CCCCCCCCCCCCC(=O)OC(CC(=O)[O-])C[N+](C)(C)C. The fourth-order valence-electron chi connectivity index (χ4n) is 4.25. The van der Waals surface area contributed by atoms with Gasteiger partial charge in [-0.25, -0.2) is 0 Å². The highest BCUT2D eigenvalue weighted by atomic mass is 16.5. The van der Waals surface area contributed by atoms with Crippen LogP contribution in [0.2, 0.25) is 0 Å². The molecule has 0 aliphatic heterocycles. The van der Waals surface area contributed by atoms with E-state index in [4.69, 9.17) is 4.74 Å². The average Bonchev–Trinajstić information content (AvgIpc) is 2.75. The molecule has 0 fully saturated rings. The van der Waals surface area contributed by atoms with Gasteiger partial charge in [0.1, 0.15) is 6.54 Å². The van der Waals surface area contributed by atoms with Gasteiger partial charge in [0.25, 0.3) is 0 Å². The van der Waals surface area contributed by atoms with Crippen molar-refractivity contribution in [2.24, 2.45) is 0 Å². The first kappa shape index (κ1) is 33.6. The molecule has 0 radical (unpaired) electrons. The number of aliphatic hydroxyl groups is 1. The van der Waals surface area contributed by atoms with E-state index in [1.165, 1.54) is 57.8 Å². The van der Waals surface area contributed by atoms with Crippen LogP contribution >= 0.6 is 0 Å². The third-order valence-electron chi connectivity index (χ3n) is 6.16. The molecule has 2 unspecified atom stereocenters. The Morgan fingerprint density at radius 3 is 1.97 bits per heavy atom. The first-order valence-electron chi connectivity index (χ1n) is 14.2. The lowest BCUT2D eigenvalue weighted by Crippen LogP contribution is -2.45. The molecule has 0 rings (SSSR count). The monoisotopic (exact) mass is 497 g/mol. The van der Waals surface area contributed by atoms with Gasteiger partial charge in [-0.3, -0.25) is 4.79 Å².